The lowest BCUT2D eigenvalue weighted by molar-refractivity contribution is -0.134. The summed E-state index contributed by atoms with van der Waals surface area (Å²) in [5, 5.41) is 8.51. The maximum Gasteiger partial charge on any atom is 0.236 e. The summed E-state index contributed by atoms with van der Waals surface area (Å²) < 4.78 is 0. The zero-order valence-electron chi connectivity index (χ0n) is 11.2. The molecule has 19 heavy (non-hydrogen) atoms. The molecular formula is C13H19N3O3. The first kappa shape index (κ1) is 15.2. The standard InChI is InChI=1S/C13H19N3O3/c1-11(17)3-4-12(18)15-7-2-8-16(10-9-15)13(19)5-6-14/h2-5,7-10H2,1H3. The van der Waals surface area contributed by atoms with Gasteiger partial charge in [0.1, 0.15) is 12.2 Å². The van der Waals surface area contributed by atoms with Crippen LogP contribution in [0, 0.1) is 11.3 Å². The molecule has 1 aliphatic heterocycles. The Hall–Kier alpha value is -1.90. The number of ketones is 1. The Kier molecular flexibility index (Phi) is 6.00. The number of carbonyl (C=O) groups excluding carboxylic acids is 3. The molecule has 1 heterocycles. The first-order valence-corrected chi connectivity index (χ1v) is 6.46. The van der Waals surface area contributed by atoms with Gasteiger partial charge >= 0.3 is 0 Å². The van der Waals surface area contributed by atoms with Crippen molar-refractivity contribution in [2.24, 2.45) is 0 Å². The first-order valence-electron chi connectivity index (χ1n) is 6.46. The molecule has 6 nitrogen and oxygen atoms in total. The van der Waals surface area contributed by atoms with Crippen molar-refractivity contribution in [2.75, 3.05) is 26.2 Å². The van der Waals surface area contributed by atoms with Crippen LogP contribution in [0.2, 0.25) is 0 Å². The number of Topliss-reactive ketones (excluding diaryl/α,β-unsaturated/α-hetero) is 1. The maximum absolute atomic E-state index is 11.9. The van der Waals surface area contributed by atoms with E-state index in [2.05, 4.69) is 0 Å². The van der Waals surface area contributed by atoms with Crippen molar-refractivity contribution in [3.8, 4) is 6.07 Å². The summed E-state index contributed by atoms with van der Waals surface area (Å²) in [5.41, 5.74) is 0. The highest BCUT2D eigenvalue weighted by atomic mass is 16.2. The highest BCUT2D eigenvalue weighted by Crippen LogP contribution is 2.07. The van der Waals surface area contributed by atoms with Gasteiger partial charge in [-0.25, -0.2) is 0 Å². The van der Waals surface area contributed by atoms with Crippen LogP contribution in [0.15, 0.2) is 0 Å². The van der Waals surface area contributed by atoms with E-state index in [-0.39, 0.29) is 36.9 Å². The number of hydrogen-bond donors (Lipinski definition) is 0. The van der Waals surface area contributed by atoms with Gasteiger partial charge in [-0.2, -0.15) is 5.26 Å². The smallest absolute Gasteiger partial charge is 0.236 e. The van der Waals surface area contributed by atoms with E-state index in [1.54, 1.807) is 9.80 Å². The molecule has 1 saturated heterocycles. The fourth-order valence-electron chi connectivity index (χ4n) is 2.04. The molecule has 0 aromatic heterocycles. The Morgan fingerprint density at radius 3 is 2.11 bits per heavy atom. The molecule has 0 N–H and O–H groups in total. The van der Waals surface area contributed by atoms with Gasteiger partial charge in [-0.1, -0.05) is 0 Å². The van der Waals surface area contributed by atoms with E-state index < -0.39 is 0 Å². The summed E-state index contributed by atoms with van der Waals surface area (Å²) >= 11 is 0. The highest BCUT2D eigenvalue weighted by molar-refractivity contribution is 5.83. The second-order valence-electron chi connectivity index (χ2n) is 4.65. The molecule has 0 bridgehead atoms. The van der Waals surface area contributed by atoms with Gasteiger partial charge in [0.15, 0.2) is 0 Å². The van der Waals surface area contributed by atoms with E-state index in [1.807, 2.05) is 6.07 Å². The molecular weight excluding hydrogens is 246 g/mol. The average Bonchev–Trinajstić information content (AvgIpc) is 2.62. The van der Waals surface area contributed by atoms with E-state index in [1.165, 1.54) is 6.92 Å². The average molecular weight is 265 g/mol. The van der Waals surface area contributed by atoms with Crippen molar-refractivity contribution in [1.82, 2.24) is 9.80 Å². The Morgan fingerprint density at radius 2 is 1.58 bits per heavy atom. The number of amides is 2. The van der Waals surface area contributed by atoms with Crippen LogP contribution < -0.4 is 0 Å². The van der Waals surface area contributed by atoms with Crippen molar-refractivity contribution in [3.63, 3.8) is 0 Å². The predicted molar refractivity (Wildman–Crippen MR) is 67.9 cm³/mol. The molecule has 1 rings (SSSR count). The van der Waals surface area contributed by atoms with Gasteiger partial charge in [0.25, 0.3) is 0 Å². The third kappa shape index (κ3) is 5.08. The molecule has 6 heteroatoms. The van der Waals surface area contributed by atoms with Crippen LogP contribution in [0.1, 0.15) is 32.6 Å². The second kappa shape index (κ2) is 7.52. The third-order valence-electron chi connectivity index (χ3n) is 3.12. The van der Waals surface area contributed by atoms with Crippen molar-refractivity contribution >= 4 is 17.6 Å². The molecule has 0 aromatic carbocycles. The number of rotatable bonds is 4. The van der Waals surface area contributed by atoms with Crippen molar-refractivity contribution in [3.05, 3.63) is 0 Å². The zero-order valence-corrected chi connectivity index (χ0v) is 11.2. The van der Waals surface area contributed by atoms with Gasteiger partial charge in [-0.15, -0.1) is 0 Å². The van der Waals surface area contributed by atoms with Gasteiger partial charge in [0.05, 0.1) is 6.07 Å². The van der Waals surface area contributed by atoms with E-state index in [9.17, 15) is 14.4 Å². The summed E-state index contributed by atoms with van der Waals surface area (Å²) in [6.45, 7) is 3.60. The SMILES string of the molecule is CC(=O)CCC(=O)N1CCCN(C(=O)CC#N)CC1. The molecule has 2 amide bonds. The molecule has 0 aliphatic carbocycles. The predicted octanol–water partition coefficient (Wildman–Crippen LogP) is 0.330. The van der Waals surface area contributed by atoms with Gasteiger partial charge in [0, 0.05) is 39.0 Å². The Balaban J connectivity index is 2.45. The van der Waals surface area contributed by atoms with Crippen LogP contribution in [-0.2, 0) is 14.4 Å². The summed E-state index contributed by atoms with van der Waals surface area (Å²) in [6, 6.07) is 1.84. The molecule has 104 valence electrons. The Morgan fingerprint density at radius 1 is 1.00 bits per heavy atom. The maximum atomic E-state index is 11.9. The fraction of sp³-hybridized carbons (Fsp3) is 0.692. The lowest BCUT2D eigenvalue weighted by Crippen LogP contribution is -2.37. The topological polar surface area (TPSA) is 81.5 Å². The van der Waals surface area contributed by atoms with Crippen molar-refractivity contribution < 1.29 is 14.4 Å². The third-order valence-corrected chi connectivity index (χ3v) is 3.12. The first-order chi connectivity index (χ1) is 9.04. The zero-order chi connectivity index (χ0) is 14.3. The van der Waals surface area contributed by atoms with Crippen LogP contribution in [0.4, 0.5) is 0 Å². The van der Waals surface area contributed by atoms with Crippen molar-refractivity contribution in [2.45, 2.75) is 32.6 Å². The highest BCUT2D eigenvalue weighted by Gasteiger charge is 2.21. The molecule has 0 unspecified atom stereocenters. The quantitative estimate of drug-likeness (QED) is 0.733. The number of carbonyl (C=O) groups is 3. The van der Waals surface area contributed by atoms with Crippen LogP contribution in [-0.4, -0.2) is 53.6 Å². The fourth-order valence-corrected chi connectivity index (χ4v) is 2.04. The van der Waals surface area contributed by atoms with Crippen molar-refractivity contribution in [1.29, 1.82) is 5.26 Å². The van der Waals surface area contributed by atoms with Gasteiger partial charge in [-0.05, 0) is 13.3 Å². The molecule has 1 aliphatic rings. The summed E-state index contributed by atoms with van der Waals surface area (Å²) in [6.07, 6.45) is 1.11. The second-order valence-corrected chi connectivity index (χ2v) is 4.65. The van der Waals surface area contributed by atoms with Gasteiger partial charge in [0.2, 0.25) is 11.8 Å². The van der Waals surface area contributed by atoms with E-state index in [0.29, 0.717) is 32.6 Å². The minimum atomic E-state index is -0.180. The Labute approximate surface area is 113 Å². The largest absolute Gasteiger partial charge is 0.341 e. The van der Waals surface area contributed by atoms with Gasteiger partial charge < -0.3 is 14.6 Å². The summed E-state index contributed by atoms with van der Waals surface area (Å²) in [5.74, 6) is -0.209. The Bertz CT molecular complexity index is 400. The number of nitriles is 1. The van der Waals surface area contributed by atoms with Crippen LogP contribution in [0.3, 0.4) is 0 Å². The lowest BCUT2D eigenvalue weighted by Gasteiger charge is -2.21. The van der Waals surface area contributed by atoms with Crippen LogP contribution in [0.25, 0.3) is 0 Å². The van der Waals surface area contributed by atoms with E-state index >= 15 is 0 Å². The van der Waals surface area contributed by atoms with E-state index in [0.717, 1.165) is 0 Å². The molecule has 0 atom stereocenters. The minimum Gasteiger partial charge on any atom is -0.341 e. The van der Waals surface area contributed by atoms with E-state index in [4.69, 9.17) is 5.26 Å². The van der Waals surface area contributed by atoms with Crippen LogP contribution in [0.5, 0.6) is 0 Å². The van der Waals surface area contributed by atoms with Crippen LogP contribution >= 0.6 is 0 Å². The normalized spacial score (nSPS) is 15.6. The molecule has 1 fully saturated rings. The summed E-state index contributed by atoms with van der Waals surface area (Å²) in [4.78, 5) is 37.7. The monoisotopic (exact) mass is 265 g/mol. The minimum absolute atomic E-state index is 0.00833. The summed E-state index contributed by atoms with van der Waals surface area (Å²) in [7, 11) is 0. The number of nitrogens with zero attached hydrogens (tertiary/aromatic N) is 3. The van der Waals surface area contributed by atoms with Gasteiger partial charge in [-0.3, -0.25) is 9.59 Å². The number of hydrogen-bond acceptors (Lipinski definition) is 4. The lowest BCUT2D eigenvalue weighted by atomic mass is 10.2. The molecule has 0 aromatic rings. The molecule has 0 radical (unpaired) electrons. The molecule has 0 spiro atoms. The molecule has 0 saturated carbocycles.